The molecule has 0 amide bonds. The van der Waals surface area contributed by atoms with Crippen molar-refractivity contribution in [3.05, 3.63) is 11.9 Å². The van der Waals surface area contributed by atoms with Crippen molar-refractivity contribution in [3.8, 4) is 5.88 Å². The lowest BCUT2D eigenvalue weighted by Gasteiger charge is -2.29. The Morgan fingerprint density at radius 1 is 1.29 bits per heavy atom. The Balaban J connectivity index is 2.15. The summed E-state index contributed by atoms with van der Waals surface area (Å²) in [4.78, 5) is 9.17. The Labute approximate surface area is 128 Å². The Bertz CT molecular complexity index is 468. The van der Waals surface area contributed by atoms with Gasteiger partial charge in [0, 0.05) is 18.5 Å². The molecule has 2 atom stereocenters. The molecule has 1 aromatic rings. The van der Waals surface area contributed by atoms with Crippen molar-refractivity contribution in [3.63, 3.8) is 0 Å². The van der Waals surface area contributed by atoms with E-state index < -0.39 is 0 Å². The van der Waals surface area contributed by atoms with Crippen molar-refractivity contribution in [1.82, 2.24) is 9.97 Å². The van der Waals surface area contributed by atoms with Gasteiger partial charge in [0.15, 0.2) is 0 Å². The minimum atomic E-state index is -0.0799. The van der Waals surface area contributed by atoms with Gasteiger partial charge >= 0.3 is 0 Å². The van der Waals surface area contributed by atoms with Crippen molar-refractivity contribution in [2.45, 2.75) is 71.3 Å². The van der Waals surface area contributed by atoms with Crippen LogP contribution in [0.4, 0.5) is 5.82 Å². The molecule has 0 aromatic carbocycles. The third-order valence-electron chi connectivity index (χ3n) is 4.23. The largest absolute Gasteiger partial charge is 0.474 e. The van der Waals surface area contributed by atoms with Gasteiger partial charge in [0.2, 0.25) is 5.88 Å². The number of anilines is 1. The predicted molar refractivity (Wildman–Crippen MR) is 86.9 cm³/mol. The van der Waals surface area contributed by atoms with Gasteiger partial charge in [0.25, 0.3) is 0 Å². The standard InChI is InChI=1S/C17H29N3O/c1-6-12-8-7-9-13(10-12)21-15-11-14(18-5)19-16(20-15)17(2,3)4/h11-13H,6-10H2,1-5H3,(H,18,19,20). The maximum atomic E-state index is 6.17. The van der Waals surface area contributed by atoms with Gasteiger partial charge in [-0.15, -0.1) is 0 Å². The molecule has 1 fully saturated rings. The van der Waals surface area contributed by atoms with Gasteiger partial charge in [-0.1, -0.05) is 40.5 Å². The van der Waals surface area contributed by atoms with Crippen LogP contribution in [0.25, 0.3) is 0 Å². The second kappa shape index (κ2) is 6.63. The molecule has 1 aliphatic carbocycles. The van der Waals surface area contributed by atoms with Crippen LogP contribution in [-0.2, 0) is 5.41 Å². The van der Waals surface area contributed by atoms with E-state index in [-0.39, 0.29) is 5.41 Å². The summed E-state index contributed by atoms with van der Waals surface area (Å²) in [6.07, 6.45) is 6.45. The molecule has 0 bridgehead atoms. The monoisotopic (exact) mass is 291 g/mol. The zero-order chi connectivity index (χ0) is 15.5. The van der Waals surface area contributed by atoms with Crippen molar-refractivity contribution >= 4 is 5.82 Å². The summed E-state index contributed by atoms with van der Waals surface area (Å²) in [5.41, 5.74) is -0.0799. The van der Waals surface area contributed by atoms with E-state index in [2.05, 4.69) is 43.0 Å². The Morgan fingerprint density at radius 3 is 2.67 bits per heavy atom. The number of nitrogens with one attached hydrogen (secondary N) is 1. The van der Waals surface area contributed by atoms with Gasteiger partial charge in [-0.3, -0.25) is 0 Å². The number of nitrogens with zero attached hydrogens (tertiary/aromatic N) is 2. The van der Waals surface area contributed by atoms with Crippen molar-refractivity contribution in [1.29, 1.82) is 0 Å². The normalized spacial score (nSPS) is 22.9. The van der Waals surface area contributed by atoms with Crippen LogP contribution in [0.5, 0.6) is 5.88 Å². The van der Waals surface area contributed by atoms with E-state index in [0.29, 0.717) is 12.0 Å². The zero-order valence-corrected chi connectivity index (χ0v) is 14.1. The van der Waals surface area contributed by atoms with Crippen LogP contribution < -0.4 is 10.1 Å². The minimum absolute atomic E-state index is 0.0799. The highest BCUT2D eigenvalue weighted by molar-refractivity contribution is 5.38. The second-order valence-corrected chi connectivity index (χ2v) is 7.10. The minimum Gasteiger partial charge on any atom is -0.474 e. The third-order valence-corrected chi connectivity index (χ3v) is 4.23. The highest BCUT2D eigenvalue weighted by Gasteiger charge is 2.24. The summed E-state index contributed by atoms with van der Waals surface area (Å²) in [5, 5.41) is 3.11. The molecule has 2 rings (SSSR count). The maximum absolute atomic E-state index is 6.17. The molecule has 21 heavy (non-hydrogen) atoms. The average molecular weight is 291 g/mol. The van der Waals surface area contributed by atoms with E-state index in [1.165, 1.54) is 19.3 Å². The molecule has 4 nitrogen and oxygen atoms in total. The first-order chi connectivity index (χ1) is 9.92. The van der Waals surface area contributed by atoms with Crippen molar-refractivity contribution in [2.24, 2.45) is 5.92 Å². The zero-order valence-electron chi connectivity index (χ0n) is 14.1. The van der Waals surface area contributed by atoms with Gasteiger partial charge < -0.3 is 10.1 Å². The lowest BCUT2D eigenvalue weighted by Crippen LogP contribution is -2.26. The topological polar surface area (TPSA) is 47.0 Å². The van der Waals surface area contributed by atoms with Crippen LogP contribution >= 0.6 is 0 Å². The molecule has 0 aliphatic heterocycles. The van der Waals surface area contributed by atoms with Crippen LogP contribution in [0.15, 0.2) is 6.07 Å². The van der Waals surface area contributed by atoms with E-state index in [1.807, 2.05) is 13.1 Å². The molecule has 1 saturated carbocycles. The first kappa shape index (κ1) is 16.1. The van der Waals surface area contributed by atoms with E-state index in [1.54, 1.807) is 0 Å². The van der Waals surface area contributed by atoms with Gasteiger partial charge in [-0.05, 0) is 25.2 Å². The van der Waals surface area contributed by atoms with Gasteiger partial charge in [0.05, 0.1) is 0 Å². The molecule has 1 aliphatic rings. The Morgan fingerprint density at radius 2 is 2.05 bits per heavy atom. The van der Waals surface area contributed by atoms with Crippen LogP contribution in [-0.4, -0.2) is 23.1 Å². The molecule has 0 saturated heterocycles. The smallest absolute Gasteiger partial charge is 0.219 e. The predicted octanol–water partition coefficient (Wildman–Crippen LogP) is 4.16. The summed E-state index contributed by atoms with van der Waals surface area (Å²) < 4.78 is 6.17. The molecular formula is C17H29N3O. The van der Waals surface area contributed by atoms with Crippen LogP contribution in [0.3, 0.4) is 0 Å². The lowest BCUT2D eigenvalue weighted by molar-refractivity contribution is 0.116. The quantitative estimate of drug-likeness (QED) is 0.904. The molecule has 4 heteroatoms. The average Bonchev–Trinajstić information content (AvgIpc) is 2.46. The summed E-state index contributed by atoms with van der Waals surface area (Å²) >= 11 is 0. The molecule has 1 aromatic heterocycles. The number of ether oxygens (including phenoxy) is 1. The molecular weight excluding hydrogens is 262 g/mol. The van der Waals surface area contributed by atoms with Crippen LogP contribution in [0, 0.1) is 5.92 Å². The number of hydrogen-bond acceptors (Lipinski definition) is 4. The maximum Gasteiger partial charge on any atom is 0.219 e. The third kappa shape index (κ3) is 4.32. The summed E-state index contributed by atoms with van der Waals surface area (Å²) in [7, 11) is 1.88. The first-order valence-electron chi connectivity index (χ1n) is 8.16. The molecule has 0 spiro atoms. The SMILES string of the molecule is CCC1CCCC(Oc2cc(NC)nc(C(C)(C)C)n2)C1. The van der Waals surface area contributed by atoms with Gasteiger partial charge in [0.1, 0.15) is 17.7 Å². The Kier molecular flexibility index (Phi) is 5.07. The van der Waals surface area contributed by atoms with Crippen molar-refractivity contribution in [2.75, 3.05) is 12.4 Å². The van der Waals surface area contributed by atoms with E-state index in [4.69, 9.17) is 4.74 Å². The summed E-state index contributed by atoms with van der Waals surface area (Å²) in [6.45, 7) is 8.65. The van der Waals surface area contributed by atoms with Gasteiger partial charge in [-0.2, -0.15) is 4.98 Å². The van der Waals surface area contributed by atoms with Crippen LogP contribution in [0.1, 0.15) is 65.6 Å². The lowest BCUT2D eigenvalue weighted by atomic mass is 9.85. The number of hydrogen-bond donors (Lipinski definition) is 1. The van der Waals surface area contributed by atoms with E-state index in [0.717, 1.165) is 30.4 Å². The number of rotatable bonds is 4. The Hall–Kier alpha value is -1.32. The highest BCUT2D eigenvalue weighted by Crippen LogP contribution is 2.30. The van der Waals surface area contributed by atoms with E-state index in [9.17, 15) is 0 Å². The summed E-state index contributed by atoms with van der Waals surface area (Å²) in [5.74, 6) is 3.16. The first-order valence-corrected chi connectivity index (χ1v) is 8.16. The fourth-order valence-corrected chi connectivity index (χ4v) is 2.84. The van der Waals surface area contributed by atoms with Crippen molar-refractivity contribution < 1.29 is 4.74 Å². The molecule has 1 N–H and O–H groups in total. The molecule has 118 valence electrons. The molecule has 0 radical (unpaired) electrons. The highest BCUT2D eigenvalue weighted by atomic mass is 16.5. The number of aromatic nitrogens is 2. The fraction of sp³-hybridized carbons (Fsp3) is 0.765. The molecule has 1 heterocycles. The van der Waals surface area contributed by atoms with E-state index >= 15 is 0 Å². The summed E-state index contributed by atoms with van der Waals surface area (Å²) in [6, 6.07) is 1.91. The fourth-order valence-electron chi connectivity index (χ4n) is 2.84. The van der Waals surface area contributed by atoms with Gasteiger partial charge in [-0.25, -0.2) is 4.98 Å². The second-order valence-electron chi connectivity index (χ2n) is 7.10. The molecule has 2 unspecified atom stereocenters. The van der Waals surface area contributed by atoms with Crippen LogP contribution in [0.2, 0.25) is 0 Å².